The highest BCUT2D eigenvalue weighted by molar-refractivity contribution is 5.44. The van der Waals surface area contributed by atoms with E-state index in [0.717, 1.165) is 32.7 Å². The molecule has 0 unspecified atom stereocenters. The van der Waals surface area contributed by atoms with E-state index in [9.17, 15) is 4.39 Å². The number of ether oxygens (including phenoxy) is 2. The molecule has 1 saturated heterocycles. The van der Waals surface area contributed by atoms with Crippen LogP contribution in [0, 0.1) is 11.7 Å². The van der Waals surface area contributed by atoms with Crippen LogP contribution in [-0.2, 0) is 9.47 Å². The highest BCUT2D eigenvalue weighted by atomic mass is 19.1. The van der Waals surface area contributed by atoms with E-state index in [1.54, 1.807) is 12.1 Å². The molecule has 1 fully saturated rings. The Hall–Kier alpha value is -1.13. The number of rotatable bonds is 6. The van der Waals surface area contributed by atoms with Crippen molar-refractivity contribution in [1.82, 2.24) is 0 Å². The first-order valence-electron chi connectivity index (χ1n) is 6.50. The van der Waals surface area contributed by atoms with Crippen LogP contribution in [0.5, 0.6) is 0 Å². The van der Waals surface area contributed by atoms with E-state index in [-0.39, 0.29) is 5.82 Å². The molecule has 3 nitrogen and oxygen atoms in total. The van der Waals surface area contributed by atoms with Gasteiger partial charge in [0, 0.05) is 26.4 Å². The molecular formula is C14H20FNO2. The first kappa shape index (κ1) is 13.3. The van der Waals surface area contributed by atoms with Gasteiger partial charge in [0.05, 0.1) is 12.3 Å². The van der Waals surface area contributed by atoms with Gasteiger partial charge in [-0.3, -0.25) is 0 Å². The number of anilines is 1. The van der Waals surface area contributed by atoms with Gasteiger partial charge in [0.2, 0.25) is 0 Å². The standard InChI is InChI=1S/C14H20FNO2/c15-13-3-1-2-4-14(13)16-7-10-18-11-12-5-8-17-9-6-12/h1-4,12,16H,5-11H2. The second-order valence-corrected chi connectivity index (χ2v) is 4.54. The summed E-state index contributed by atoms with van der Waals surface area (Å²) in [4.78, 5) is 0. The molecule has 0 atom stereocenters. The van der Waals surface area contributed by atoms with E-state index in [4.69, 9.17) is 9.47 Å². The number of nitrogens with one attached hydrogen (secondary N) is 1. The van der Waals surface area contributed by atoms with Crippen LogP contribution in [0.15, 0.2) is 24.3 Å². The number of hydrogen-bond acceptors (Lipinski definition) is 3. The Morgan fingerprint density at radius 3 is 2.83 bits per heavy atom. The minimum absolute atomic E-state index is 0.220. The van der Waals surface area contributed by atoms with Crippen LogP contribution in [-0.4, -0.2) is 33.0 Å². The molecule has 0 aliphatic carbocycles. The Morgan fingerprint density at radius 1 is 1.28 bits per heavy atom. The summed E-state index contributed by atoms with van der Waals surface area (Å²) in [5.41, 5.74) is 0.534. The van der Waals surface area contributed by atoms with Crippen LogP contribution in [0.2, 0.25) is 0 Å². The number of halogens is 1. The fourth-order valence-corrected chi connectivity index (χ4v) is 2.03. The molecule has 0 bridgehead atoms. The zero-order chi connectivity index (χ0) is 12.6. The lowest BCUT2D eigenvalue weighted by Crippen LogP contribution is -2.21. The van der Waals surface area contributed by atoms with Crippen molar-refractivity contribution in [2.24, 2.45) is 5.92 Å². The molecule has 4 heteroatoms. The molecule has 0 amide bonds. The first-order chi connectivity index (χ1) is 8.86. The fraction of sp³-hybridized carbons (Fsp3) is 0.571. The van der Waals surface area contributed by atoms with Gasteiger partial charge >= 0.3 is 0 Å². The highest BCUT2D eigenvalue weighted by Crippen LogP contribution is 2.15. The summed E-state index contributed by atoms with van der Waals surface area (Å²) in [6, 6.07) is 6.68. The summed E-state index contributed by atoms with van der Waals surface area (Å²) in [6.07, 6.45) is 2.17. The van der Waals surface area contributed by atoms with Gasteiger partial charge in [-0.05, 0) is 30.9 Å². The zero-order valence-electron chi connectivity index (χ0n) is 10.5. The maximum Gasteiger partial charge on any atom is 0.146 e. The maximum atomic E-state index is 13.3. The van der Waals surface area contributed by atoms with Crippen molar-refractivity contribution in [1.29, 1.82) is 0 Å². The molecule has 0 radical (unpaired) electrons. The number of para-hydroxylation sites is 1. The Morgan fingerprint density at radius 2 is 2.06 bits per heavy atom. The van der Waals surface area contributed by atoms with E-state index in [2.05, 4.69) is 5.32 Å². The Bertz CT molecular complexity index is 353. The molecule has 1 heterocycles. The topological polar surface area (TPSA) is 30.5 Å². The Balaban J connectivity index is 1.57. The van der Waals surface area contributed by atoms with Crippen LogP contribution >= 0.6 is 0 Å². The quantitative estimate of drug-likeness (QED) is 0.791. The predicted octanol–water partition coefficient (Wildman–Crippen LogP) is 2.68. The monoisotopic (exact) mass is 253 g/mol. The van der Waals surface area contributed by atoms with Gasteiger partial charge in [0.15, 0.2) is 0 Å². The Kier molecular flexibility index (Phi) is 5.42. The van der Waals surface area contributed by atoms with Gasteiger partial charge in [-0.25, -0.2) is 4.39 Å². The van der Waals surface area contributed by atoms with Gasteiger partial charge in [-0.1, -0.05) is 12.1 Å². The van der Waals surface area contributed by atoms with Crippen molar-refractivity contribution in [3.8, 4) is 0 Å². The van der Waals surface area contributed by atoms with Crippen molar-refractivity contribution in [2.45, 2.75) is 12.8 Å². The lowest BCUT2D eigenvalue weighted by molar-refractivity contribution is 0.0231. The molecule has 1 aliphatic rings. The highest BCUT2D eigenvalue weighted by Gasteiger charge is 2.13. The van der Waals surface area contributed by atoms with E-state index in [1.807, 2.05) is 6.07 Å². The van der Waals surface area contributed by atoms with E-state index >= 15 is 0 Å². The molecule has 0 spiro atoms. The van der Waals surface area contributed by atoms with Crippen LogP contribution in [0.25, 0.3) is 0 Å². The van der Waals surface area contributed by atoms with Crippen molar-refractivity contribution in [3.05, 3.63) is 30.1 Å². The predicted molar refractivity (Wildman–Crippen MR) is 69.3 cm³/mol. The van der Waals surface area contributed by atoms with Crippen LogP contribution < -0.4 is 5.32 Å². The molecular weight excluding hydrogens is 233 g/mol. The smallest absolute Gasteiger partial charge is 0.146 e. The fourth-order valence-electron chi connectivity index (χ4n) is 2.03. The minimum atomic E-state index is -0.220. The van der Waals surface area contributed by atoms with Gasteiger partial charge in [-0.15, -0.1) is 0 Å². The van der Waals surface area contributed by atoms with Gasteiger partial charge < -0.3 is 14.8 Å². The largest absolute Gasteiger partial charge is 0.381 e. The average Bonchev–Trinajstić information content (AvgIpc) is 2.42. The molecule has 100 valence electrons. The number of benzene rings is 1. The third-order valence-corrected chi connectivity index (χ3v) is 3.13. The van der Waals surface area contributed by atoms with E-state index in [1.165, 1.54) is 6.07 Å². The summed E-state index contributed by atoms with van der Waals surface area (Å²) in [6.45, 7) is 3.71. The van der Waals surface area contributed by atoms with Gasteiger partial charge in [-0.2, -0.15) is 0 Å². The minimum Gasteiger partial charge on any atom is -0.381 e. The molecule has 1 N–H and O–H groups in total. The lowest BCUT2D eigenvalue weighted by atomic mass is 10.0. The van der Waals surface area contributed by atoms with Crippen molar-refractivity contribution < 1.29 is 13.9 Å². The third-order valence-electron chi connectivity index (χ3n) is 3.13. The SMILES string of the molecule is Fc1ccccc1NCCOCC1CCOCC1. The maximum absolute atomic E-state index is 13.3. The molecule has 1 aromatic carbocycles. The van der Waals surface area contributed by atoms with Crippen LogP contribution in [0.4, 0.5) is 10.1 Å². The summed E-state index contributed by atoms with van der Waals surface area (Å²) < 4.78 is 24.2. The molecule has 1 aromatic rings. The summed E-state index contributed by atoms with van der Waals surface area (Å²) in [5, 5.41) is 3.03. The van der Waals surface area contributed by atoms with Crippen molar-refractivity contribution >= 4 is 5.69 Å². The van der Waals surface area contributed by atoms with Gasteiger partial charge in [0.1, 0.15) is 5.82 Å². The number of hydrogen-bond donors (Lipinski definition) is 1. The van der Waals surface area contributed by atoms with Crippen LogP contribution in [0.3, 0.4) is 0 Å². The van der Waals surface area contributed by atoms with Crippen molar-refractivity contribution in [2.75, 3.05) is 38.3 Å². The second kappa shape index (κ2) is 7.34. The summed E-state index contributed by atoms with van der Waals surface area (Å²) >= 11 is 0. The summed E-state index contributed by atoms with van der Waals surface area (Å²) in [7, 11) is 0. The molecule has 0 saturated carbocycles. The van der Waals surface area contributed by atoms with E-state index < -0.39 is 0 Å². The molecule has 2 rings (SSSR count). The molecule has 1 aliphatic heterocycles. The second-order valence-electron chi connectivity index (χ2n) is 4.54. The third kappa shape index (κ3) is 4.27. The molecule has 0 aromatic heterocycles. The molecule has 18 heavy (non-hydrogen) atoms. The van der Waals surface area contributed by atoms with E-state index in [0.29, 0.717) is 24.8 Å². The first-order valence-corrected chi connectivity index (χ1v) is 6.50. The normalized spacial score (nSPS) is 16.7. The summed E-state index contributed by atoms with van der Waals surface area (Å²) in [5.74, 6) is 0.397. The van der Waals surface area contributed by atoms with Crippen molar-refractivity contribution in [3.63, 3.8) is 0 Å². The Labute approximate surface area is 107 Å². The zero-order valence-corrected chi connectivity index (χ0v) is 10.5. The lowest BCUT2D eigenvalue weighted by Gasteiger charge is -2.21. The van der Waals surface area contributed by atoms with Gasteiger partial charge in [0.25, 0.3) is 0 Å². The van der Waals surface area contributed by atoms with Crippen LogP contribution in [0.1, 0.15) is 12.8 Å². The average molecular weight is 253 g/mol.